The third kappa shape index (κ3) is 4.23. The van der Waals surface area contributed by atoms with E-state index in [9.17, 15) is 0 Å². The van der Waals surface area contributed by atoms with Crippen molar-refractivity contribution in [2.24, 2.45) is 0 Å². The molecular weight excluding hydrogens is 284 g/mol. The molecule has 0 aliphatic heterocycles. The van der Waals surface area contributed by atoms with Crippen molar-refractivity contribution in [1.82, 2.24) is 0 Å². The van der Waals surface area contributed by atoms with Crippen LogP contribution in [-0.2, 0) is 22.5 Å². The number of hydrogen-bond acceptors (Lipinski definition) is 0. The van der Waals surface area contributed by atoms with E-state index in [1.165, 1.54) is 11.1 Å². The van der Waals surface area contributed by atoms with Gasteiger partial charge in [-0.25, -0.2) is 12.1 Å². The molecule has 3 aromatic rings. The first-order valence-electron chi connectivity index (χ1n) is 6.65. The minimum Gasteiger partial charge on any atom is -0.748 e. The summed E-state index contributed by atoms with van der Waals surface area (Å²) in [6.45, 7) is 4.52. The van der Waals surface area contributed by atoms with Crippen LogP contribution in [-0.4, -0.2) is 0 Å². The van der Waals surface area contributed by atoms with E-state index in [0.29, 0.717) is 0 Å². The predicted octanol–water partition coefficient (Wildman–Crippen LogP) is 5.13. The summed E-state index contributed by atoms with van der Waals surface area (Å²) in [4.78, 5) is 0. The molecule has 1 heteroatoms. The minimum atomic E-state index is 0. The molecule has 0 bridgehead atoms. The summed E-state index contributed by atoms with van der Waals surface area (Å²) in [5.41, 5.74) is 2.86. The standard InChI is InChI=1S/C14H15.C5H5.Fe/c1-14(2,13-10-6-7-11-13)12-8-4-3-5-9-12;1-2-4-5-3-1;/h3-11H,1-2H3;1-5H;/q-1;-5;. The first kappa shape index (κ1) is 16.5. The molecular formula is C19H20Fe-6. The number of benzene rings is 1. The number of rotatable bonds is 2. The van der Waals surface area contributed by atoms with Crippen molar-refractivity contribution in [3.8, 4) is 0 Å². The van der Waals surface area contributed by atoms with E-state index in [-0.39, 0.29) is 22.5 Å². The zero-order chi connectivity index (χ0) is 13.6. The molecule has 0 aliphatic carbocycles. The van der Waals surface area contributed by atoms with E-state index in [1.807, 2.05) is 30.3 Å². The van der Waals surface area contributed by atoms with Crippen LogP contribution in [0.15, 0.2) is 84.9 Å². The quantitative estimate of drug-likeness (QED) is 0.454. The van der Waals surface area contributed by atoms with Gasteiger partial charge in [0.15, 0.2) is 0 Å². The minimum absolute atomic E-state index is 0. The fourth-order valence-corrected chi connectivity index (χ4v) is 2.13. The molecule has 0 saturated carbocycles. The SMILES string of the molecule is CC(C)(c1ccccc1)[c-]1cccc1.[Fe].[cH-]1[cH-][cH-][cH-][cH-]1. The van der Waals surface area contributed by atoms with E-state index >= 15 is 0 Å². The van der Waals surface area contributed by atoms with Gasteiger partial charge in [0.05, 0.1) is 0 Å². The van der Waals surface area contributed by atoms with Gasteiger partial charge < -0.3 is 30.3 Å². The van der Waals surface area contributed by atoms with E-state index in [1.54, 1.807) is 0 Å². The van der Waals surface area contributed by atoms with Gasteiger partial charge in [0, 0.05) is 17.1 Å². The molecule has 0 fully saturated rings. The van der Waals surface area contributed by atoms with Gasteiger partial charge in [-0.1, -0.05) is 44.2 Å². The Hall–Kier alpha value is -1.56. The Morgan fingerprint density at radius 1 is 0.750 bits per heavy atom. The van der Waals surface area contributed by atoms with E-state index in [0.717, 1.165) is 0 Å². The van der Waals surface area contributed by atoms with Crippen LogP contribution in [0.25, 0.3) is 0 Å². The average molecular weight is 304 g/mol. The molecule has 0 saturated heterocycles. The van der Waals surface area contributed by atoms with Gasteiger partial charge in [-0.3, -0.25) is 0 Å². The summed E-state index contributed by atoms with van der Waals surface area (Å²) in [6.07, 6.45) is 0. The van der Waals surface area contributed by atoms with Crippen molar-refractivity contribution in [3.05, 3.63) is 96.1 Å². The van der Waals surface area contributed by atoms with Gasteiger partial charge in [0.2, 0.25) is 0 Å². The van der Waals surface area contributed by atoms with Crippen LogP contribution in [0.5, 0.6) is 0 Å². The van der Waals surface area contributed by atoms with Crippen LogP contribution in [0.4, 0.5) is 0 Å². The third-order valence-electron chi connectivity index (χ3n) is 3.44. The Kier molecular flexibility index (Phi) is 6.51. The summed E-state index contributed by atoms with van der Waals surface area (Å²) in [5.74, 6) is 0. The monoisotopic (exact) mass is 304 g/mol. The van der Waals surface area contributed by atoms with Gasteiger partial charge in [-0.2, -0.15) is 12.1 Å². The Morgan fingerprint density at radius 3 is 1.65 bits per heavy atom. The van der Waals surface area contributed by atoms with E-state index in [2.05, 4.69) is 68.4 Å². The van der Waals surface area contributed by atoms with E-state index in [4.69, 9.17) is 0 Å². The molecule has 3 aromatic carbocycles. The summed E-state index contributed by atoms with van der Waals surface area (Å²) < 4.78 is 0. The predicted molar refractivity (Wildman–Crippen MR) is 82.6 cm³/mol. The van der Waals surface area contributed by atoms with Gasteiger partial charge in [-0.05, 0) is 11.0 Å². The second-order valence-corrected chi connectivity index (χ2v) is 5.13. The van der Waals surface area contributed by atoms with Crippen LogP contribution >= 0.6 is 0 Å². The largest absolute Gasteiger partial charge is 0.748 e. The Morgan fingerprint density at radius 2 is 1.20 bits per heavy atom. The first-order chi connectivity index (χ1) is 9.21. The molecule has 0 aliphatic rings. The van der Waals surface area contributed by atoms with Crippen LogP contribution < -0.4 is 0 Å². The van der Waals surface area contributed by atoms with Crippen molar-refractivity contribution in [2.45, 2.75) is 19.3 Å². The molecule has 0 amide bonds. The molecule has 0 unspecified atom stereocenters. The molecule has 0 heterocycles. The van der Waals surface area contributed by atoms with Gasteiger partial charge in [0.1, 0.15) is 0 Å². The summed E-state index contributed by atoms with van der Waals surface area (Å²) in [6, 6.07) is 29.2. The van der Waals surface area contributed by atoms with Crippen LogP contribution in [0.3, 0.4) is 0 Å². The third-order valence-corrected chi connectivity index (χ3v) is 3.44. The van der Waals surface area contributed by atoms with Crippen molar-refractivity contribution in [3.63, 3.8) is 0 Å². The molecule has 110 valence electrons. The summed E-state index contributed by atoms with van der Waals surface area (Å²) in [7, 11) is 0. The fraction of sp³-hybridized carbons (Fsp3) is 0.158. The van der Waals surface area contributed by atoms with Crippen LogP contribution in [0.2, 0.25) is 0 Å². The summed E-state index contributed by atoms with van der Waals surface area (Å²) >= 11 is 0. The second-order valence-electron chi connectivity index (χ2n) is 5.13. The molecule has 0 nitrogen and oxygen atoms in total. The second kappa shape index (κ2) is 7.89. The molecule has 0 radical (unpaired) electrons. The molecule has 0 aromatic heterocycles. The van der Waals surface area contributed by atoms with Crippen molar-refractivity contribution >= 4 is 0 Å². The number of hydrogen-bond donors (Lipinski definition) is 0. The van der Waals surface area contributed by atoms with Crippen LogP contribution in [0, 0.1) is 0 Å². The molecule has 0 spiro atoms. The van der Waals surface area contributed by atoms with Gasteiger partial charge >= 0.3 is 0 Å². The normalized spacial score (nSPS) is 10.1. The summed E-state index contributed by atoms with van der Waals surface area (Å²) in [5, 5.41) is 0. The Balaban J connectivity index is 0.000000283. The fourth-order valence-electron chi connectivity index (χ4n) is 2.13. The molecule has 20 heavy (non-hydrogen) atoms. The zero-order valence-electron chi connectivity index (χ0n) is 11.9. The Bertz CT molecular complexity index is 528. The van der Waals surface area contributed by atoms with Crippen LogP contribution in [0.1, 0.15) is 25.0 Å². The van der Waals surface area contributed by atoms with Crippen molar-refractivity contribution in [2.75, 3.05) is 0 Å². The maximum atomic E-state index is 2.26. The van der Waals surface area contributed by atoms with Gasteiger partial charge in [0.25, 0.3) is 0 Å². The Labute approximate surface area is 132 Å². The topological polar surface area (TPSA) is 0 Å². The van der Waals surface area contributed by atoms with Gasteiger partial charge in [-0.15, -0.1) is 5.56 Å². The zero-order valence-corrected chi connectivity index (χ0v) is 13.0. The van der Waals surface area contributed by atoms with E-state index < -0.39 is 0 Å². The first-order valence-corrected chi connectivity index (χ1v) is 6.65. The molecule has 3 rings (SSSR count). The maximum absolute atomic E-state index is 2.26. The van der Waals surface area contributed by atoms with Crippen molar-refractivity contribution in [1.29, 1.82) is 0 Å². The maximum Gasteiger partial charge on any atom is 0 e. The average Bonchev–Trinajstić information content (AvgIpc) is 3.15. The smallest absolute Gasteiger partial charge is 0 e. The molecule has 0 N–H and O–H groups in total. The van der Waals surface area contributed by atoms with Crippen molar-refractivity contribution < 1.29 is 17.1 Å². The molecule has 0 atom stereocenters.